The predicted molar refractivity (Wildman–Crippen MR) is 75.1 cm³/mol. The van der Waals surface area contributed by atoms with Gasteiger partial charge in [-0.2, -0.15) is 5.10 Å². The molecule has 3 aromatic rings. The van der Waals surface area contributed by atoms with Crippen LogP contribution in [-0.2, 0) is 0 Å². The first kappa shape index (κ1) is 10.9. The minimum atomic E-state index is 0.793. The van der Waals surface area contributed by atoms with Crippen molar-refractivity contribution in [2.75, 3.05) is 5.43 Å². The van der Waals surface area contributed by atoms with Gasteiger partial charge in [0, 0.05) is 12.4 Å². The molecule has 2 aromatic heterocycles. The van der Waals surface area contributed by atoms with Crippen molar-refractivity contribution in [2.24, 2.45) is 5.10 Å². The monoisotopic (exact) mass is 254 g/mol. The molecule has 88 valence electrons. The summed E-state index contributed by atoms with van der Waals surface area (Å²) in [4.78, 5) is 8.37. The Balaban J connectivity index is 1.75. The maximum Gasteiger partial charge on any atom is 0.204 e. The molecule has 0 unspecified atom stereocenters. The van der Waals surface area contributed by atoms with Crippen molar-refractivity contribution >= 4 is 32.9 Å². The Morgan fingerprint density at radius 2 is 1.94 bits per heavy atom. The van der Waals surface area contributed by atoms with Gasteiger partial charge in [0.2, 0.25) is 5.13 Å². The maximum absolute atomic E-state index is 4.43. The van der Waals surface area contributed by atoms with Gasteiger partial charge in [0.15, 0.2) is 0 Å². The van der Waals surface area contributed by atoms with Gasteiger partial charge in [-0.1, -0.05) is 23.5 Å². The van der Waals surface area contributed by atoms with Gasteiger partial charge in [0.1, 0.15) is 0 Å². The lowest BCUT2D eigenvalue weighted by Gasteiger charge is -1.92. The molecule has 0 aliphatic rings. The third-order valence-electron chi connectivity index (χ3n) is 2.37. The molecule has 0 radical (unpaired) electrons. The van der Waals surface area contributed by atoms with Crippen molar-refractivity contribution in [3.05, 3.63) is 54.4 Å². The molecule has 0 saturated carbocycles. The van der Waals surface area contributed by atoms with Crippen LogP contribution < -0.4 is 5.43 Å². The van der Waals surface area contributed by atoms with Crippen LogP contribution in [0.5, 0.6) is 0 Å². The van der Waals surface area contributed by atoms with Crippen LogP contribution in [0.1, 0.15) is 5.56 Å². The highest BCUT2D eigenvalue weighted by Gasteiger charge is 2.00. The van der Waals surface area contributed by atoms with E-state index >= 15 is 0 Å². The van der Waals surface area contributed by atoms with Crippen LogP contribution in [0, 0.1) is 0 Å². The lowest BCUT2D eigenvalue weighted by molar-refractivity contribution is 1.30. The van der Waals surface area contributed by atoms with Crippen LogP contribution in [0.3, 0.4) is 0 Å². The van der Waals surface area contributed by atoms with Crippen LogP contribution in [-0.4, -0.2) is 16.2 Å². The molecule has 0 saturated heterocycles. The average Bonchev–Trinajstić information content (AvgIpc) is 2.82. The highest BCUT2D eigenvalue weighted by molar-refractivity contribution is 7.22. The molecule has 2 heterocycles. The van der Waals surface area contributed by atoms with Gasteiger partial charge in [-0.3, -0.25) is 10.4 Å². The fourth-order valence-corrected chi connectivity index (χ4v) is 2.35. The van der Waals surface area contributed by atoms with Crippen LogP contribution in [0.15, 0.2) is 53.9 Å². The molecule has 0 atom stereocenters. The molecular formula is C13H10N4S. The van der Waals surface area contributed by atoms with Gasteiger partial charge in [-0.05, 0) is 29.8 Å². The van der Waals surface area contributed by atoms with Gasteiger partial charge in [0.05, 0.1) is 16.4 Å². The minimum Gasteiger partial charge on any atom is -0.265 e. The van der Waals surface area contributed by atoms with Crippen molar-refractivity contribution < 1.29 is 0 Å². The van der Waals surface area contributed by atoms with E-state index in [1.807, 2.05) is 36.4 Å². The van der Waals surface area contributed by atoms with Crippen LogP contribution in [0.2, 0.25) is 0 Å². The molecule has 1 aromatic carbocycles. The lowest BCUT2D eigenvalue weighted by atomic mass is 10.3. The molecule has 5 heteroatoms. The summed E-state index contributed by atoms with van der Waals surface area (Å²) in [5, 5.41) is 4.95. The molecule has 4 nitrogen and oxygen atoms in total. The Morgan fingerprint density at radius 1 is 1.11 bits per heavy atom. The Bertz CT molecular complexity index is 643. The smallest absolute Gasteiger partial charge is 0.204 e. The average molecular weight is 254 g/mol. The molecular weight excluding hydrogens is 244 g/mol. The lowest BCUT2D eigenvalue weighted by Crippen LogP contribution is -1.89. The first-order chi connectivity index (χ1) is 8.92. The quantitative estimate of drug-likeness (QED) is 0.577. The fraction of sp³-hybridized carbons (Fsp3) is 0. The van der Waals surface area contributed by atoms with Crippen LogP contribution in [0.25, 0.3) is 10.2 Å². The van der Waals surface area contributed by atoms with E-state index in [2.05, 4.69) is 20.5 Å². The summed E-state index contributed by atoms with van der Waals surface area (Å²) in [6, 6.07) is 11.8. The third-order valence-corrected chi connectivity index (χ3v) is 3.31. The molecule has 0 bridgehead atoms. The summed E-state index contributed by atoms with van der Waals surface area (Å²) >= 11 is 1.58. The summed E-state index contributed by atoms with van der Waals surface area (Å²) < 4.78 is 1.15. The highest BCUT2D eigenvalue weighted by Crippen LogP contribution is 2.25. The number of nitrogens with one attached hydrogen (secondary N) is 1. The molecule has 0 fully saturated rings. The zero-order valence-electron chi connectivity index (χ0n) is 9.45. The predicted octanol–water partition coefficient (Wildman–Crippen LogP) is 3.14. The zero-order chi connectivity index (χ0) is 12.2. The SMILES string of the molecule is C(=N/Nc1nc2ccccc2s1)/c1ccncc1. The zero-order valence-corrected chi connectivity index (χ0v) is 10.3. The van der Waals surface area contributed by atoms with E-state index in [1.165, 1.54) is 0 Å². The first-order valence-corrected chi connectivity index (χ1v) is 6.28. The Hall–Kier alpha value is -2.27. The second kappa shape index (κ2) is 4.93. The summed E-state index contributed by atoms with van der Waals surface area (Å²) in [6.07, 6.45) is 5.21. The van der Waals surface area contributed by atoms with Gasteiger partial charge in [-0.25, -0.2) is 4.98 Å². The third kappa shape index (κ3) is 2.36. The summed E-state index contributed by atoms with van der Waals surface area (Å²) in [6.45, 7) is 0. The number of hydrogen-bond donors (Lipinski definition) is 1. The van der Waals surface area contributed by atoms with E-state index < -0.39 is 0 Å². The number of pyridine rings is 1. The number of thiazole rings is 1. The fourth-order valence-electron chi connectivity index (χ4n) is 1.53. The molecule has 0 aliphatic heterocycles. The van der Waals surface area contributed by atoms with Crippen molar-refractivity contribution in [1.29, 1.82) is 0 Å². The van der Waals surface area contributed by atoms with Crippen molar-refractivity contribution in [1.82, 2.24) is 9.97 Å². The van der Waals surface area contributed by atoms with Crippen molar-refractivity contribution in [3.8, 4) is 0 Å². The Kier molecular flexibility index (Phi) is 2.97. The van der Waals surface area contributed by atoms with E-state index in [4.69, 9.17) is 0 Å². The van der Waals surface area contributed by atoms with E-state index in [1.54, 1.807) is 29.9 Å². The largest absolute Gasteiger partial charge is 0.265 e. The summed E-state index contributed by atoms with van der Waals surface area (Å²) in [7, 11) is 0. The Labute approximate surface area is 108 Å². The molecule has 0 spiro atoms. The number of benzene rings is 1. The van der Waals surface area contributed by atoms with Gasteiger partial charge in [-0.15, -0.1) is 0 Å². The molecule has 0 amide bonds. The van der Waals surface area contributed by atoms with E-state index in [0.717, 1.165) is 20.9 Å². The van der Waals surface area contributed by atoms with Gasteiger partial charge < -0.3 is 0 Å². The number of para-hydroxylation sites is 1. The molecule has 1 N–H and O–H groups in total. The van der Waals surface area contributed by atoms with E-state index in [0.29, 0.717) is 0 Å². The first-order valence-electron chi connectivity index (χ1n) is 5.46. The summed E-state index contributed by atoms with van der Waals surface area (Å²) in [5.41, 5.74) is 4.93. The second-order valence-corrected chi connectivity index (χ2v) is 4.67. The molecule has 3 rings (SSSR count). The second-order valence-electron chi connectivity index (χ2n) is 3.64. The number of nitrogens with zero attached hydrogens (tertiary/aromatic N) is 3. The number of fused-ring (bicyclic) bond motifs is 1. The number of rotatable bonds is 3. The maximum atomic E-state index is 4.43. The normalized spacial score (nSPS) is 11.1. The van der Waals surface area contributed by atoms with Crippen molar-refractivity contribution in [3.63, 3.8) is 0 Å². The molecule has 0 aliphatic carbocycles. The van der Waals surface area contributed by atoms with Crippen LogP contribution in [0.4, 0.5) is 5.13 Å². The van der Waals surface area contributed by atoms with Gasteiger partial charge in [0.25, 0.3) is 0 Å². The van der Waals surface area contributed by atoms with E-state index in [-0.39, 0.29) is 0 Å². The number of hydrazone groups is 1. The minimum absolute atomic E-state index is 0.793. The highest BCUT2D eigenvalue weighted by atomic mass is 32.1. The topological polar surface area (TPSA) is 50.2 Å². The standard InChI is InChI=1S/C13H10N4S/c1-2-4-12-11(3-1)16-13(18-12)17-15-9-10-5-7-14-8-6-10/h1-9H,(H,16,17)/b15-9-. The number of anilines is 1. The number of aromatic nitrogens is 2. The van der Waals surface area contributed by atoms with Gasteiger partial charge >= 0.3 is 0 Å². The number of hydrogen-bond acceptors (Lipinski definition) is 5. The van der Waals surface area contributed by atoms with Crippen LogP contribution >= 0.6 is 11.3 Å². The Morgan fingerprint density at radius 3 is 2.78 bits per heavy atom. The summed E-state index contributed by atoms with van der Waals surface area (Å²) in [5.74, 6) is 0. The van der Waals surface area contributed by atoms with E-state index in [9.17, 15) is 0 Å². The molecule has 18 heavy (non-hydrogen) atoms. The van der Waals surface area contributed by atoms with Crippen molar-refractivity contribution in [2.45, 2.75) is 0 Å².